The molecule has 4 rings (SSSR count). The number of amides is 1. The van der Waals surface area contributed by atoms with Crippen LogP contribution in [0.2, 0.25) is 0 Å². The van der Waals surface area contributed by atoms with Gasteiger partial charge in [0.2, 0.25) is 6.79 Å². The van der Waals surface area contributed by atoms with Gasteiger partial charge >= 0.3 is 0 Å². The van der Waals surface area contributed by atoms with E-state index in [1.807, 2.05) is 17.5 Å². The Kier molecular flexibility index (Phi) is 4.83. The van der Waals surface area contributed by atoms with E-state index in [1.165, 1.54) is 11.3 Å². The average molecular weight is 386 g/mol. The SMILES string of the molecule is O=C(c1cccs1)N(CCCO)Cc1cc2cc3c(cc2[nH]c1=O)OCO3. The summed E-state index contributed by atoms with van der Waals surface area (Å²) in [4.78, 5) is 30.3. The molecular formula is C19H18N2O5S. The van der Waals surface area contributed by atoms with Gasteiger partial charge in [-0.25, -0.2) is 0 Å². The molecule has 2 N–H and O–H groups in total. The molecule has 3 aromatic rings. The lowest BCUT2D eigenvalue weighted by atomic mass is 10.1. The first-order valence-electron chi connectivity index (χ1n) is 8.55. The van der Waals surface area contributed by atoms with E-state index in [9.17, 15) is 9.59 Å². The van der Waals surface area contributed by atoms with E-state index < -0.39 is 0 Å². The topological polar surface area (TPSA) is 91.9 Å². The quantitative estimate of drug-likeness (QED) is 0.678. The Morgan fingerprint density at radius 3 is 2.81 bits per heavy atom. The molecule has 2 aromatic heterocycles. The van der Waals surface area contributed by atoms with Gasteiger partial charge in [0.25, 0.3) is 11.5 Å². The number of nitrogens with zero attached hydrogens (tertiary/aromatic N) is 1. The van der Waals surface area contributed by atoms with Crippen molar-refractivity contribution in [3.63, 3.8) is 0 Å². The Morgan fingerprint density at radius 1 is 1.26 bits per heavy atom. The third kappa shape index (κ3) is 3.54. The van der Waals surface area contributed by atoms with Crippen molar-refractivity contribution in [3.8, 4) is 11.5 Å². The van der Waals surface area contributed by atoms with Crippen LogP contribution in [-0.4, -0.2) is 40.8 Å². The molecule has 1 aromatic carbocycles. The van der Waals surface area contributed by atoms with Crippen LogP contribution in [0.25, 0.3) is 10.9 Å². The van der Waals surface area contributed by atoms with E-state index in [0.717, 1.165) is 5.39 Å². The van der Waals surface area contributed by atoms with Crippen LogP contribution in [0, 0.1) is 0 Å². The molecule has 1 aliphatic rings. The highest BCUT2D eigenvalue weighted by atomic mass is 32.1. The van der Waals surface area contributed by atoms with Crippen molar-refractivity contribution in [3.05, 3.63) is 56.5 Å². The van der Waals surface area contributed by atoms with Crippen LogP contribution in [0.5, 0.6) is 11.5 Å². The number of hydrogen-bond acceptors (Lipinski definition) is 6. The van der Waals surface area contributed by atoms with E-state index in [-0.39, 0.29) is 31.4 Å². The molecule has 8 heteroatoms. The number of rotatable bonds is 6. The number of ether oxygens (including phenoxy) is 2. The summed E-state index contributed by atoms with van der Waals surface area (Å²) in [5, 5.41) is 11.8. The number of carbonyl (C=O) groups excluding carboxylic acids is 1. The highest BCUT2D eigenvalue weighted by Gasteiger charge is 2.20. The number of fused-ring (bicyclic) bond motifs is 2. The molecule has 1 amide bonds. The number of pyridine rings is 1. The van der Waals surface area contributed by atoms with Gasteiger partial charge in [0.15, 0.2) is 11.5 Å². The number of benzene rings is 1. The van der Waals surface area contributed by atoms with Crippen LogP contribution in [0.3, 0.4) is 0 Å². The molecule has 7 nitrogen and oxygen atoms in total. The number of H-pyrrole nitrogens is 1. The minimum absolute atomic E-state index is 0.0220. The lowest BCUT2D eigenvalue weighted by molar-refractivity contribution is 0.0736. The van der Waals surface area contributed by atoms with Crippen molar-refractivity contribution in [2.45, 2.75) is 13.0 Å². The molecule has 0 aliphatic carbocycles. The van der Waals surface area contributed by atoms with E-state index in [2.05, 4.69) is 4.98 Å². The van der Waals surface area contributed by atoms with Crippen LogP contribution >= 0.6 is 11.3 Å². The van der Waals surface area contributed by atoms with Crippen molar-refractivity contribution < 1.29 is 19.4 Å². The lowest BCUT2D eigenvalue weighted by Gasteiger charge is -2.21. The standard InChI is InChI=1S/C19H18N2O5S/c22-5-2-4-21(19(24)17-3-1-6-27-17)10-13-7-12-8-15-16(26-11-25-15)9-14(12)20-18(13)23/h1,3,6-9,22H,2,4-5,10-11H2,(H,20,23). The Labute approximate surface area is 158 Å². The second kappa shape index (κ2) is 7.42. The summed E-state index contributed by atoms with van der Waals surface area (Å²) in [7, 11) is 0. The van der Waals surface area contributed by atoms with Crippen molar-refractivity contribution in [1.82, 2.24) is 9.88 Å². The third-order valence-electron chi connectivity index (χ3n) is 4.38. The first kappa shape index (κ1) is 17.6. The molecule has 0 unspecified atom stereocenters. The molecule has 0 saturated heterocycles. The zero-order valence-corrected chi connectivity index (χ0v) is 15.3. The van der Waals surface area contributed by atoms with E-state index in [1.54, 1.807) is 23.1 Å². The molecule has 27 heavy (non-hydrogen) atoms. The number of aromatic nitrogens is 1. The summed E-state index contributed by atoms with van der Waals surface area (Å²) in [6.45, 7) is 0.668. The van der Waals surface area contributed by atoms with Crippen LogP contribution in [0.4, 0.5) is 0 Å². The second-order valence-electron chi connectivity index (χ2n) is 6.20. The van der Waals surface area contributed by atoms with Gasteiger partial charge in [-0.05, 0) is 30.0 Å². The fourth-order valence-corrected chi connectivity index (χ4v) is 3.73. The largest absolute Gasteiger partial charge is 0.454 e. The average Bonchev–Trinajstić information content (AvgIpc) is 3.34. The molecule has 0 spiro atoms. The molecule has 140 valence electrons. The number of carbonyl (C=O) groups is 1. The maximum absolute atomic E-state index is 12.8. The zero-order chi connectivity index (χ0) is 18.8. The van der Waals surface area contributed by atoms with Gasteiger partial charge in [0, 0.05) is 30.2 Å². The van der Waals surface area contributed by atoms with Crippen molar-refractivity contribution in [2.24, 2.45) is 0 Å². The molecular weight excluding hydrogens is 368 g/mol. The molecule has 3 heterocycles. The molecule has 0 saturated carbocycles. The Morgan fingerprint density at radius 2 is 2.07 bits per heavy atom. The van der Waals surface area contributed by atoms with E-state index in [4.69, 9.17) is 14.6 Å². The number of aliphatic hydroxyl groups is 1. The minimum Gasteiger partial charge on any atom is -0.454 e. The van der Waals surface area contributed by atoms with Crippen LogP contribution in [0.1, 0.15) is 21.7 Å². The lowest BCUT2D eigenvalue weighted by Crippen LogP contribution is -2.33. The van der Waals surface area contributed by atoms with Gasteiger partial charge in [0.05, 0.1) is 16.9 Å². The summed E-state index contributed by atoms with van der Waals surface area (Å²) in [5.74, 6) is 1.08. The summed E-state index contributed by atoms with van der Waals surface area (Å²) >= 11 is 1.35. The summed E-state index contributed by atoms with van der Waals surface area (Å²) in [6, 6.07) is 8.89. The number of hydrogen-bond donors (Lipinski definition) is 2. The highest BCUT2D eigenvalue weighted by Crippen LogP contribution is 2.35. The van der Waals surface area contributed by atoms with Gasteiger partial charge < -0.3 is 24.5 Å². The first-order valence-corrected chi connectivity index (χ1v) is 9.43. The van der Waals surface area contributed by atoms with Crippen molar-refractivity contribution in [1.29, 1.82) is 0 Å². The fraction of sp³-hybridized carbons (Fsp3) is 0.263. The van der Waals surface area contributed by atoms with Gasteiger partial charge in [-0.1, -0.05) is 6.07 Å². The summed E-state index contributed by atoms with van der Waals surface area (Å²) in [6.07, 6.45) is 0.446. The number of aromatic amines is 1. The van der Waals surface area contributed by atoms with E-state index >= 15 is 0 Å². The maximum atomic E-state index is 12.8. The molecule has 0 atom stereocenters. The molecule has 1 aliphatic heterocycles. The van der Waals surface area contributed by atoms with Crippen LogP contribution in [-0.2, 0) is 6.54 Å². The zero-order valence-electron chi connectivity index (χ0n) is 14.4. The van der Waals surface area contributed by atoms with Crippen LogP contribution in [0.15, 0.2) is 40.5 Å². The predicted octanol–water partition coefficient (Wildman–Crippen LogP) is 2.34. The van der Waals surface area contributed by atoms with Crippen molar-refractivity contribution in [2.75, 3.05) is 19.9 Å². The Bertz CT molecular complexity index is 1030. The molecule has 0 bridgehead atoms. The van der Waals surface area contributed by atoms with Gasteiger partial charge in [-0.2, -0.15) is 0 Å². The van der Waals surface area contributed by atoms with Gasteiger partial charge in [-0.15, -0.1) is 11.3 Å². The minimum atomic E-state index is -0.255. The number of thiophene rings is 1. The fourth-order valence-electron chi connectivity index (χ4n) is 3.03. The van der Waals surface area contributed by atoms with Crippen LogP contribution < -0.4 is 15.0 Å². The van der Waals surface area contributed by atoms with Crippen molar-refractivity contribution >= 4 is 28.1 Å². The smallest absolute Gasteiger partial charge is 0.264 e. The predicted molar refractivity (Wildman–Crippen MR) is 101 cm³/mol. The normalized spacial score (nSPS) is 12.5. The van der Waals surface area contributed by atoms with Gasteiger partial charge in [0.1, 0.15) is 0 Å². The number of nitrogens with one attached hydrogen (secondary N) is 1. The monoisotopic (exact) mass is 386 g/mol. The van der Waals surface area contributed by atoms with Gasteiger partial charge in [-0.3, -0.25) is 9.59 Å². The summed E-state index contributed by atoms with van der Waals surface area (Å²) in [5.41, 5.74) is 0.873. The van der Waals surface area contributed by atoms with E-state index in [0.29, 0.717) is 40.4 Å². The second-order valence-corrected chi connectivity index (χ2v) is 7.15. The molecule has 0 fully saturated rings. The first-order chi connectivity index (χ1) is 13.2. The summed E-state index contributed by atoms with van der Waals surface area (Å²) < 4.78 is 10.7. The Hall–Kier alpha value is -2.84. The molecule has 0 radical (unpaired) electrons. The number of aliphatic hydroxyl groups excluding tert-OH is 1. The third-order valence-corrected chi connectivity index (χ3v) is 5.24. The maximum Gasteiger partial charge on any atom is 0.264 e. The Balaban J connectivity index is 1.66. The highest BCUT2D eigenvalue weighted by molar-refractivity contribution is 7.12.